The van der Waals surface area contributed by atoms with Crippen LogP contribution in [0.4, 0.5) is 0 Å². The average molecular weight is 324 g/mol. The van der Waals surface area contributed by atoms with Crippen LogP contribution in [0.25, 0.3) is 0 Å². The fraction of sp³-hybridized carbons (Fsp3) is 0.300. The SMILES string of the molecule is Cc1ccc(CNC(=O)CCCNC(=O)c2ccccc2)c(C)c1. The molecule has 4 nitrogen and oxygen atoms in total. The Balaban J connectivity index is 1.65. The molecule has 0 aliphatic heterocycles. The first kappa shape index (κ1) is 17.7. The molecule has 0 aliphatic rings. The van der Waals surface area contributed by atoms with E-state index in [9.17, 15) is 9.59 Å². The second-order valence-corrected chi connectivity index (χ2v) is 5.93. The third kappa shape index (κ3) is 5.54. The zero-order chi connectivity index (χ0) is 17.4. The fourth-order valence-electron chi connectivity index (χ4n) is 2.47. The highest BCUT2D eigenvalue weighted by molar-refractivity contribution is 5.94. The van der Waals surface area contributed by atoms with E-state index >= 15 is 0 Å². The van der Waals surface area contributed by atoms with Crippen LogP contribution >= 0.6 is 0 Å². The lowest BCUT2D eigenvalue weighted by Gasteiger charge is -2.09. The van der Waals surface area contributed by atoms with Crippen molar-refractivity contribution in [3.8, 4) is 0 Å². The van der Waals surface area contributed by atoms with E-state index in [4.69, 9.17) is 0 Å². The molecule has 0 unspecified atom stereocenters. The number of carbonyl (C=O) groups excluding carboxylic acids is 2. The van der Waals surface area contributed by atoms with E-state index in [0.29, 0.717) is 31.5 Å². The standard InChI is InChI=1S/C20H24N2O2/c1-15-10-11-18(16(2)13-15)14-22-19(23)9-6-12-21-20(24)17-7-4-3-5-8-17/h3-5,7-8,10-11,13H,6,9,12,14H2,1-2H3,(H,21,24)(H,22,23). The monoisotopic (exact) mass is 324 g/mol. The van der Waals surface area contributed by atoms with E-state index in [0.717, 1.165) is 5.56 Å². The van der Waals surface area contributed by atoms with Gasteiger partial charge in [0.05, 0.1) is 0 Å². The molecule has 2 amide bonds. The van der Waals surface area contributed by atoms with Crippen LogP contribution < -0.4 is 10.6 Å². The number of nitrogens with one attached hydrogen (secondary N) is 2. The van der Waals surface area contributed by atoms with Crippen molar-refractivity contribution in [3.05, 3.63) is 70.8 Å². The molecule has 126 valence electrons. The van der Waals surface area contributed by atoms with E-state index in [2.05, 4.69) is 23.6 Å². The van der Waals surface area contributed by atoms with Gasteiger partial charge in [-0.25, -0.2) is 0 Å². The zero-order valence-corrected chi connectivity index (χ0v) is 14.3. The van der Waals surface area contributed by atoms with Crippen LogP contribution in [0.1, 0.15) is 39.9 Å². The lowest BCUT2D eigenvalue weighted by molar-refractivity contribution is -0.121. The molecule has 0 bridgehead atoms. The van der Waals surface area contributed by atoms with Gasteiger partial charge in [0.1, 0.15) is 0 Å². The van der Waals surface area contributed by atoms with Gasteiger partial charge < -0.3 is 10.6 Å². The molecule has 0 fully saturated rings. The molecule has 0 saturated heterocycles. The Morgan fingerprint density at radius 3 is 2.42 bits per heavy atom. The van der Waals surface area contributed by atoms with Crippen molar-refractivity contribution in [1.82, 2.24) is 10.6 Å². The highest BCUT2D eigenvalue weighted by Crippen LogP contribution is 2.10. The average Bonchev–Trinajstić information content (AvgIpc) is 2.58. The molecule has 2 N–H and O–H groups in total. The molecule has 2 aromatic carbocycles. The van der Waals surface area contributed by atoms with E-state index in [1.165, 1.54) is 11.1 Å². The minimum absolute atomic E-state index is 0.00364. The number of amides is 2. The highest BCUT2D eigenvalue weighted by atomic mass is 16.2. The summed E-state index contributed by atoms with van der Waals surface area (Å²) < 4.78 is 0. The second kappa shape index (κ2) is 8.87. The quantitative estimate of drug-likeness (QED) is 0.769. The van der Waals surface area contributed by atoms with E-state index in [1.54, 1.807) is 12.1 Å². The van der Waals surface area contributed by atoms with Crippen molar-refractivity contribution in [1.29, 1.82) is 0 Å². The van der Waals surface area contributed by atoms with Gasteiger partial charge in [-0.3, -0.25) is 9.59 Å². The molecule has 0 heterocycles. The lowest BCUT2D eigenvalue weighted by atomic mass is 10.1. The number of hydrogen-bond donors (Lipinski definition) is 2. The minimum atomic E-state index is -0.105. The topological polar surface area (TPSA) is 58.2 Å². The summed E-state index contributed by atoms with van der Waals surface area (Å²) in [6.07, 6.45) is 1.03. The van der Waals surface area contributed by atoms with E-state index in [-0.39, 0.29) is 11.8 Å². The lowest BCUT2D eigenvalue weighted by Crippen LogP contribution is -2.27. The fourth-order valence-corrected chi connectivity index (χ4v) is 2.47. The van der Waals surface area contributed by atoms with Crippen molar-refractivity contribution in [2.24, 2.45) is 0 Å². The van der Waals surface area contributed by atoms with Gasteiger partial charge in [0.25, 0.3) is 5.91 Å². The largest absolute Gasteiger partial charge is 0.352 e. The molecule has 0 radical (unpaired) electrons. The first-order chi connectivity index (χ1) is 11.6. The third-order valence-electron chi connectivity index (χ3n) is 3.88. The Kier molecular flexibility index (Phi) is 6.55. The Labute approximate surface area is 143 Å². The predicted octanol–water partition coefficient (Wildman–Crippen LogP) is 3.13. The first-order valence-corrected chi connectivity index (χ1v) is 8.22. The van der Waals surface area contributed by atoms with Gasteiger partial charge in [-0.05, 0) is 43.5 Å². The van der Waals surface area contributed by atoms with Gasteiger partial charge in [0.2, 0.25) is 5.91 Å². The van der Waals surface area contributed by atoms with Crippen molar-refractivity contribution in [2.45, 2.75) is 33.2 Å². The minimum Gasteiger partial charge on any atom is -0.352 e. The van der Waals surface area contributed by atoms with Gasteiger partial charge in [-0.2, -0.15) is 0 Å². The number of aryl methyl sites for hydroxylation is 2. The zero-order valence-electron chi connectivity index (χ0n) is 14.3. The smallest absolute Gasteiger partial charge is 0.251 e. The Morgan fingerprint density at radius 1 is 0.958 bits per heavy atom. The molecular weight excluding hydrogens is 300 g/mol. The number of benzene rings is 2. The van der Waals surface area contributed by atoms with Crippen LogP contribution in [-0.2, 0) is 11.3 Å². The summed E-state index contributed by atoms with van der Waals surface area (Å²) in [4.78, 5) is 23.7. The summed E-state index contributed by atoms with van der Waals surface area (Å²) >= 11 is 0. The van der Waals surface area contributed by atoms with E-state index in [1.807, 2.05) is 37.3 Å². The van der Waals surface area contributed by atoms with Crippen LogP contribution in [0.3, 0.4) is 0 Å². The Bertz CT molecular complexity index is 696. The normalized spacial score (nSPS) is 10.2. The van der Waals surface area contributed by atoms with Crippen molar-refractivity contribution >= 4 is 11.8 Å². The van der Waals surface area contributed by atoms with Crippen LogP contribution in [0.2, 0.25) is 0 Å². The molecule has 2 rings (SSSR count). The first-order valence-electron chi connectivity index (χ1n) is 8.22. The number of rotatable bonds is 7. The van der Waals surface area contributed by atoms with Crippen molar-refractivity contribution < 1.29 is 9.59 Å². The summed E-state index contributed by atoms with van der Waals surface area (Å²) in [6.45, 7) is 5.14. The Morgan fingerprint density at radius 2 is 1.71 bits per heavy atom. The number of hydrogen-bond acceptors (Lipinski definition) is 2. The van der Waals surface area contributed by atoms with Gasteiger partial charge in [0.15, 0.2) is 0 Å². The maximum Gasteiger partial charge on any atom is 0.251 e. The summed E-state index contributed by atoms with van der Waals surface area (Å²) in [6, 6.07) is 15.3. The molecule has 0 atom stereocenters. The predicted molar refractivity (Wildman–Crippen MR) is 95.8 cm³/mol. The molecule has 24 heavy (non-hydrogen) atoms. The van der Waals surface area contributed by atoms with Gasteiger partial charge >= 0.3 is 0 Å². The van der Waals surface area contributed by atoms with Crippen LogP contribution in [0, 0.1) is 13.8 Å². The van der Waals surface area contributed by atoms with Gasteiger partial charge in [-0.1, -0.05) is 42.0 Å². The molecule has 0 saturated carbocycles. The third-order valence-corrected chi connectivity index (χ3v) is 3.88. The Hall–Kier alpha value is -2.62. The summed E-state index contributed by atoms with van der Waals surface area (Å²) in [5.74, 6) is -0.102. The summed E-state index contributed by atoms with van der Waals surface area (Å²) in [7, 11) is 0. The van der Waals surface area contributed by atoms with E-state index < -0.39 is 0 Å². The summed E-state index contributed by atoms with van der Waals surface area (Å²) in [5, 5.41) is 5.75. The van der Waals surface area contributed by atoms with Crippen molar-refractivity contribution in [2.75, 3.05) is 6.54 Å². The van der Waals surface area contributed by atoms with Crippen LogP contribution in [0.5, 0.6) is 0 Å². The van der Waals surface area contributed by atoms with Gasteiger partial charge in [0, 0.05) is 25.1 Å². The molecule has 2 aromatic rings. The number of carbonyl (C=O) groups is 2. The van der Waals surface area contributed by atoms with Crippen molar-refractivity contribution in [3.63, 3.8) is 0 Å². The highest BCUT2D eigenvalue weighted by Gasteiger charge is 2.06. The molecule has 0 aliphatic carbocycles. The maximum absolute atomic E-state index is 11.9. The second-order valence-electron chi connectivity index (χ2n) is 5.93. The maximum atomic E-state index is 11.9. The summed E-state index contributed by atoms with van der Waals surface area (Å²) in [5.41, 5.74) is 4.17. The molecule has 0 aromatic heterocycles. The van der Waals surface area contributed by atoms with Gasteiger partial charge in [-0.15, -0.1) is 0 Å². The molecule has 0 spiro atoms. The van der Waals surface area contributed by atoms with Crippen LogP contribution in [-0.4, -0.2) is 18.4 Å². The molecular formula is C20H24N2O2. The van der Waals surface area contributed by atoms with Crippen LogP contribution in [0.15, 0.2) is 48.5 Å². The molecule has 4 heteroatoms.